The number of anilines is 1. The summed E-state index contributed by atoms with van der Waals surface area (Å²) in [5.74, 6) is 1.16. The van der Waals surface area contributed by atoms with Crippen molar-refractivity contribution >= 4 is 5.82 Å². The number of aromatic nitrogens is 1. The molecule has 1 aromatic heterocycles. The van der Waals surface area contributed by atoms with Crippen LogP contribution >= 0.6 is 0 Å². The molecule has 0 aliphatic carbocycles. The van der Waals surface area contributed by atoms with E-state index in [-0.39, 0.29) is 32.7 Å². The molecule has 0 saturated carbocycles. The van der Waals surface area contributed by atoms with E-state index in [9.17, 15) is 0 Å². The summed E-state index contributed by atoms with van der Waals surface area (Å²) >= 11 is 0. The topological polar surface area (TPSA) is 53.0 Å². The number of hydrogen-bond acceptors (Lipinski definition) is 2. The van der Waals surface area contributed by atoms with E-state index in [2.05, 4.69) is 34.6 Å². The van der Waals surface area contributed by atoms with E-state index in [4.69, 9.17) is 5.73 Å². The molecule has 1 saturated heterocycles. The summed E-state index contributed by atoms with van der Waals surface area (Å²) in [4.78, 5) is 4.34. The van der Waals surface area contributed by atoms with Crippen molar-refractivity contribution in [3.05, 3.63) is 53.3 Å². The second-order valence-corrected chi connectivity index (χ2v) is 5.04. The Balaban J connectivity index is 0.00000147. The Kier molecular flexibility index (Phi) is 5.70. The summed E-state index contributed by atoms with van der Waals surface area (Å²) < 4.78 is 0. The molecule has 2 aromatic rings. The van der Waals surface area contributed by atoms with E-state index in [1.54, 1.807) is 6.07 Å². The first kappa shape index (κ1) is 15.6. The molecule has 2 heterocycles. The van der Waals surface area contributed by atoms with Crippen molar-refractivity contribution in [1.82, 2.24) is 4.98 Å². The minimum Gasteiger partial charge on any atom is -0.662 e. The van der Waals surface area contributed by atoms with Gasteiger partial charge in [-0.25, -0.2) is 4.98 Å². The van der Waals surface area contributed by atoms with Crippen LogP contribution in [-0.4, -0.2) is 18.1 Å². The zero-order valence-electron chi connectivity index (χ0n) is 11.5. The van der Waals surface area contributed by atoms with Crippen LogP contribution in [0.1, 0.15) is 24.3 Å². The predicted molar refractivity (Wildman–Crippen MR) is 79.2 cm³/mol. The summed E-state index contributed by atoms with van der Waals surface area (Å²) in [6, 6.07) is 14.4. The molecule has 4 heteroatoms. The molecule has 2 N–H and O–H groups in total. The Morgan fingerprint density at radius 1 is 1.10 bits per heavy atom. The SMILES string of the molecule is Nc1cccc(-c2ccc(C3CCC[N-]C3)cc2)n1.[Y]. The molecule has 1 aliphatic heterocycles. The first-order chi connectivity index (χ1) is 9.33. The fourth-order valence-corrected chi connectivity index (χ4v) is 2.60. The van der Waals surface area contributed by atoms with E-state index in [0.717, 1.165) is 24.3 Å². The number of hydrogen-bond donors (Lipinski definition) is 1. The fraction of sp³-hybridized carbons (Fsp3) is 0.312. The van der Waals surface area contributed by atoms with Gasteiger partial charge >= 0.3 is 0 Å². The second-order valence-electron chi connectivity index (χ2n) is 5.04. The summed E-state index contributed by atoms with van der Waals surface area (Å²) in [6.07, 6.45) is 2.46. The molecule has 1 radical (unpaired) electrons. The van der Waals surface area contributed by atoms with E-state index in [1.807, 2.05) is 12.1 Å². The average Bonchev–Trinajstić information content (AvgIpc) is 2.48. The molecule has 1 aromatic carbocycles. The zero-order chi connectivity index (χ0) is 13.1. The van der Waals surface area contributed by atoms with Crippen molar-refractivity contribution in [1.29, 1.82) is 0 Å². The number of nitrogens with two attached hydrogens (primary N) is 1. The van der Waals surface area contributed by atoms with Gasteiger partial charge in [-0.3, -0.25) is 0 Å². The monoisotopic (exact) mass is 341 g/mol. The third kappa shape index (κ3) is 3.66. The molecule has 1 atom stereocenters. The van der Waals surface area contributed by atoms with Crippen molar-refractivity contribution in [3.8, 4) is 11.3 Å². The van der Waals surface area contributed by atoms with Crippen LogP contribution in [0, 0.1) is 0 Å². The Hall–Kier alpha value is -0.766. The van der Waals surface area contributed by atoms with Crippen molar-refractivity contribution < 1.29 is 32.7 Å². The Morgan fingerprint density at radius 2 is 1.90 bits per heavy atom. The minimum absolute atomic E-state index is 0. The maximum Gasteiger partial charge on any atom is 0.124 e. The van der Waals surface area contributed by atoms with E-state index in [0.29, 0.717) is 11.7 Å². The maximum atomic E-state index is 5.72. The van der Waals surface area contributed by atoms with Gasteiger partial charge in [-0.1, -0.05) is 36.8 Å². The third-order valence-corrected chi connectivity index (χ3v) is 3.67. The van der Waals surface area contributed by atoms with Gasteiger partial charge in [-0.2, -0.15) is 0 Å². The molecule has 20 heavy (non-hydrogen) atoms. The summed E-state index contributed by atoms with van der Waals surface area (Å²) in [6.45, 7) is 2.00. The van der Waals surface area contributed by atoms with Gasteiger partial charge in [-0.15, -0.1) is 13.1 Å². The molecule has 0 amide bonds. The number of rotatable bonds is 2. The Bertz CT molecular complexity index is 548. The molecule has 3 nitrogen and oxygen atoms in total. The van der Waals surface area contributed by atoms with E-state index in [1.165, 1.54) is 18.4 Å². The van der Waals surface area contributed by atoms with Crippen molar-refractivity contribution in [3.63, 3.8) is 0 Å². The summed E-state index contributed by atoms with van der Waals surface area (Å²) in [5, 5.41) is 4.50. The molecule has 1 aliphatic rings. The van der Waals surface area contributed by atoms with E-state index >= 15 is 0 Å². The first-order valence-electron chi connectivity index (χ1n) is 6.79. The number of pyridine rings is 1. The Morgan fingerprint density at radius 3 is 2.55 bits per heavy atom. The van der Waals surface area contributed by atoms with Crippen LogP contribution in [0.2, 0.25) is 0 Å². The van der Waals surface area contributed by atoms with Crippen LogP contribution in [0.25, 0.3) is 16.6 Å². The van der Waals surface area contributed by atoms with Crippen LogP contribution in [0.4, 0.5) is 5.82 Å². The summed E-state index contributed by atoms with van der Waals surface area (Å²) in [5.41, 5.74) is 9.15. The second kappa shape index (κ2) is 7.30. The van der Waals surface area contributed by atoms with Crippen LogP contribution in [0.15, 0.2) is 42.5 Å². The zero-order valence-corrected chi connectivity index (χ0v) is 14.3. The minimum atomic E-state index is 0. The number of nitrogen functional groups attached to an aromatic ring is 1. The van der Waals surface area contributed by atoms with Gasteiger partial charge in [0.05, 0.1) is 5.69 Å². The molecule has 1 unspecified atom stereocenters. The van der Waals surface area contributed by atoms with Gasteiger partial charge in [0.1, 0.15) is 5.82 Å². The van der Waals surface area contributed by atoms with Crippen LogP contribution in [-0.2, 0) is 32.7 Å². The number of piperidine rings is 1. The number of nitrogens with zero attached hydrogens (tertiary/aromatic N) is 2. The van der Waals surface area contributed by atoms with Gasteiger partial charge in [0.2, 0.25) is 0 Å². The molecule has 1 fully saturated rings. The molecular weight excluding hydrogens is 323 g/mol. The molecular formula is C16H18N3Y-. The first-order valence-corrected chi connectivity index (χ1v) is 6.79. The third-order valence-electron chi connectivity index (χ3n) is 3.67. The maximum absolute atomic E-state index is 5.72. The molecule has 3 rings (SSSR count). The van der Waals surface area contributed by atoms with Crippen molar-refractivity contribution in [2.45, 2.75) is 18.8 Å². The predicted octanol–water partition coefficient (Wildman–Crippen LogP) is 3.58. The smallest absolute Gasteiger partial charge is 0.124 e. The Labute approximate surface area is 145 Å². The van der Waals surface area contributed by atoms with Gasteiger partial charge in [0.25, 0.3) is 0 Å². The number of benzene rings is 1. The van der Waals surface area contributed by atoms with Crippen molar-refractivity contribution in [2.75, 3.05) is 18.8 Å². The quantitative estimate of drug-likeness (QED) is 0.908. The molecule has 0 spiro atoms. The van der Waals surface area contributed by atoms with Crippen molar-refractivity contribution in [2.24, 2.45) is 0 Å². The fourth-order valence-electron chi connectivity index (χ4n) is 2.60. The average molecular weight is 341 g/mol. The largest absolute Gasteiger partial charge is 0.662 e. The van der Waals surface area contributed by atoms with E-state index < -0.39 is 0 Å². The van der Waals surface area contributed by atoms with Crippen LogP contribution < -0.4 is 5.73 Å². The van der Waals surface area contributed by atoms with Gasteiger partial charge in [0.15, 0.2) is 0 Å². The molecule has 0 bridgehead atoms. The standard InChI is InChI=1S/C16H18N3.Y/c17-16-5-1-4-15(19-16)13-8-6-12(7-9-13)14-3-2-10-18-11-14;/h1,4-9,14H,2-3,10-11H2,(H2,17,19);/q-1;. The normalized spacial score (nSPS) is 18.3. The molecule has 101 valence electrons. The summed E-state index contributed by atoms with van der Waals surface area (Å²) in [7, 11) is 0. The van der Waals surface area contributed by atoms with Gasteiger partial charge < -0.3 is 11.1 Å². The van der Waals surface area contributed by atoms with Gasteiger partial charge in [-0.05, 0) is 30.0 Å². The van der Waals surface area contributed by atoms with Crippen LogP contribution in [0.3, 0.4) is 0 Å². The van der Waals surface area contributed by atoms with Crippen LogP contribution in [0.5, 0.6) is 0 Å². The van der Waals surface area contributed by atoms with Gasteiger partial charge in [0, 0.05) is 38.3 Å².